The van der Waals surface area contributed by atoms with Crippen LogP contribution < -0.4 is 15.5 Å². The van der Waals surface area contributed by atoms with Crippen LogP contribution in [0.25, 0.3) is 0 Å². The minimum atomic E-state index is -1.13. The summed E-state index contributed by atoms with van der Waals surface area (Å²) in [5.74, 6) is -2.17. The van der Waals surface area contributed by atoms with E-state index in [4.69, 9.17) is 4.74 Å². The molecular weight excluding hydrogens is 338 g/mol. The van der Waals surface area contributed by atoms with E-state index in [1.807, 2.05) is 31.2 Å². The number of aryl methyl sites for hydroxylation is 1. The van der Waals surface area contributed by atoms with Gasteiger partial charge in [-0.25, -0.2) is 4.79 Å². The summed E-state index contributed by atoms with van der Waals surface area (Å²) < 4.78 is 5.12. The first kappa shape index (κ1) is 19.4. The molecule has 4 amide bonds. The highest BCUT2D eigenvalue weighted by molar-refractivity contribution is 6.00. The molecule has 0 spiro atoms. The third kappa shape index (κ3) is 4.81. The van der Waals surface area contributed by atoms with Gasteiger partial charge in [-0.1, -0.05) is 17.7 Å². The molecule has 2 N–H and O–H groups in total. The largest absolute Gasteiger partial charge is 0.452 e. The molecule has 2 unspecified atom stereocenters. The van der Waals surface area contributed by atoms with Crippen LogP contribution in [0.2, 0.25) is 0 Å². The average Bonchev–Trinajstić information content (AvgIpc) is 2.97. The van der Waals surface area contributed by atoms with E-state index in [1.54, 1.807) is 6.92 Å². The maximum Gasteiger partial charge on any atom is 0.321 e. The number of benzene rings is 1. The van der Waals surface area contributed by atoms with Crippen molar-refractivity contribution in [1.29, 1.82) is 0 Å². The second-order valence-corrected chi connectivity index (χ2v) is 6.17. The van der Waals surface area contributed by atoms with Crippen molar-refractivity contribution in [3.8, 4) is 0 Å². The number of carbonyl (C=O) groups is 4. The van der Waals surface area contributed by atoms with Crippen molar-refractivity contribution in [3.63, 3.8) is 0 Å². The van der Waals surface area contributed by atoms with E-state index in [1.165, 1.54) is 11.8 Å². The molecular formula is C18H23N3O5. The minimum Gasteiger partial charge on any atom is -0.452 e. The Labute approximate surface area is 151 Å². The zero-order chi connectivity index (χ0) is 19.3. The number of amides is 4. The number of imide groups is 1. The second kappa shape index (κ2) is 8.46. The van der Waals surface area contributed by atoms with Gasteiger partial charge in [0.15, 0.2) is 6.10 Å². The van der Waals surface area contributed by atoms with Gasteiger partial charge in [0.05, 0.1) is 5.92 Å². The maximum atomic E-state index is 12.3. The van der Waals surface area contributed by atoms with Gasteiger partial charge in [0, 0.05) is 25.2 Å². The third-order valence-electron chi connectivity index (χ3n) is 4.04. The molecule has 1 aromatic carbocycles. The van der Waals surface area contributed by atoms with Crippen LogP contribution in [0.5, 0.6) is 0 Å². The number of nitrogens with one attached hydrogen (secondary N) is 2. The third-order valence-corrected chi connectivity index (χ3v) is 4.04. The highest BCUT2D eigenvalue weighted by Crippen LogP contribution is 2.26. The molecule has 1 aromatic rings. The van der Waals surface area contributed by atoms with Gasteiger partial charge in [-0.2, -0.15) is 0 Å². The fourth-order valence-corrected chi connectivity index (χ4v) is 2.58. The number of urea groups is 1. The monoisotopic (exact) mass is 361 g/mol. The van der Waals surface area contributed by atoms with E-state index in [9.17, 15) is 19.2 Å². The molecule has 1 fully saturated rings. The number of carbonyl (C=O) groups excluding carboxylic acids is 4. The Morgan fingerprint density at radius 1 is 1.27 bits per heavy atom. The highest BCUT2D eigenvalue weighted by atomic mass is 16.5. The lowest BCUT2D eigenvalue weighted by Gasteiger charge is -2.18. The van der Waals surface area contributed by atoms with Gasteiger partial charge in [-0.05, 0) is 32.9 Å². The summed E-state index contributed by atoms with van der Waals surface area (Å²) in [5.41, 5.74) is 1.79. The molecule has 2 rings (SSSR count). The lowest BCUT2D eigenvalue weighted by Crippen LogP contribution is -2.45. The van der Waals surface area contributed by atoms with Crippen molar-refractivity contribution >= 4 is 29.5 Å². The zero-order valence-electron chi connectivity index (χ0n) is 15.1. The molecule has 1 aliphatic rings. The van der Waals surface area contributed by atoms with Crippen LogP contribution in [0.1, 0.15) is 25.8 Å². The summed E-state index contributed by atoms with van der Waals surface area (Å²) in [7, 11) is 0. The highest BCUT2D eigenvalue weighted by Gasteiger charge is 2.37. The van der Waals surface area contributed by atoms with Crippen LogP contribution in [-0.4, -0.2) is 43.0 Å². The summed E-state index contributed by atoms with van der Waals surface area (Å²) in [6.45, 7) is 5.60. The summed E-state index contributed by atoms with van der Waals surface area (Å²) in [4.78, 5) is 49.2. The molecule has 0 radical (unpaired) electrons. The molecule has 1 saturated heterocycles. The van der Waals surface area contributed by atoms with Crippen LogP contribution in [0.4, 0.5) is 10.5 Å². The summed E-state index contributed by atoms with van der Waals surface area (Å²) >= 11 is 0. The van der Waals surface area contributed by atoms with Crippen LogP contribution in [0.3, 0.4) is 0 Å². The second-order valence-electron chi connectivity index (χ2n) is 6.17. The molecule has 2 atom stereocenters. The molecule has 8 heteroatoms. The molecule has 26 heavy (non-hydrogen) atoms. The fraction of sp³-hybridized carbons (Fsp3) is 0.444. The van der Waals surface area contributed by atoms with Gasteiger partial charge < -0.3 is 15.0 Å². The Bertz CT molecular complexity index is 701. The predicted molar refractivity (Wildman–Crippen MR) is 94.4 cm³/mol. The Morgan fingerprint density at radius 2 is 1.92 bits per heavy atom. The van der Waals surface area contributed by atoms with Crippen molar-refractivity contribution in [1.82, 2.24) is 10.6 Å². The van der Waals surface area contributed by atoms with Crippen molar-refractivity contribution in [3.05, 3.63) is 29.8 Å². The molecule has 0 bridgehead atoms. The Hall–Kier alpha value is -2.90. The van der Waals surface area contributed by atoms with Gasteiger partial charge in [-0.15, -0.1) is 0 Å². The van der Waals surface area contributed by atoms with E-state index in [0.717, 1.165) is 11.3 Å². The lowest BCUT2D eigenvalue weighted by molar-refractivity contribution is -0.158. The van der Waals surface area contributed by atoms with E-state index in [-0.39, 0.29) is 18.9 Å². The van der Waals surface area contributed by atoms with Crippen molar-refractivity contribution in [2.45, 2.75) is 33.3 Å². The maximum absolute atomic E-state index is 12.3. The number of hydrogen-bond acceptors (Lipinski definition) is 5. The van der Waals surface area contributed by atoms with Gasteiger partial charge in [0.25, 0.3) is 5.91 Å². The molecule has 0 aliphatic carbocycles. The van der Waals surface area contributed by atoms with E-state index in [2.05, 4.69) is 10.6 Å². The van der Waals surface area contributed by atoms with Crippen molar-refractivity contribution in [2.24, 2.45) is 5.92 Å². The summed E-state index contributed by atoms with van der Waals surface area (Å²) in [6, 6.07) is 6.78. The minimum absolute atomic E-state index is 0.0252. The Balaban J connectivity index is 1.92. The van der Waals surface area contributed by atoms with Gasteiger partial charge >= 0.3 is 12.0 Å². The van der Waals surface area contributed by atoms with E-state index in [0.29, 0.717) is 6.54 Å². The molecule has 8 nitrogen and oxygen atoms in total. The number of hydrogen-bond donors (Lipinski definition) is 2. The number of esters is 1. The number of anilines is 1. The van der Waals surface area contributed by atoms with E-state index < -0.39 is 29.9 Å². The first-order valence-corrected chi connectivity index (χ1v) is 8.48. The predicted octanol–water partition coefficient (Wildman–Crippen LogP) is 1.13. The van der Waals surface area contributed by atoms with Gasteiger partial charge in [-0.3, -0.25) is 19.7 Å². The van der Waals surface area contributed by atoms with Crippen LogP contribution in [-0.2, 0) is 19.1 Å². The van der Waals surface area contributed by atoms with E-state index >= 15 is 0 Å². The van der Waals surface area contributed by atoms with Crippen molar-refractivity contribution < 1.29 is 23.9 Å². The van der Waals surface area contributed by atoms with Crippen LogP contribution in [0, 0.1) is 12.8 Å². The SMILES string of the molecule is CCNC(=O)NC(=O)C(C)OC(=O)C1CC(=O)N(c2ccc(C)cc2)C1. The molecule has 1 heterocycles. The normalized spacial score (nSPS) is 17.6. The average molecular weight is 361 g/mol. The topological polar surface area (TPSA) is 105 Å². The van der Waals surface area contributed by atoms with Gasteiger partial charge in [0.1, 0.15) is 0 Å². The number of nitrogens with zero attached hydrogens (tertiary/aromatic N) is 1. The quantitative estimate of drug-likeness (QED) is 0.765. The standard InChI is InChI=1S/C18H23N3O5/c1-4-19-18(25)20-16(23)12(3)26-17(24)13-9-15(22)21(10-13)14-7-5-11(2)6-8-14/h5-8,12-13H,4,9-10H2,1-3H3,(H2,19,20,23,25). The first-order chi connectivity index (χ1) is 12.3. The zero-order valence-corrected chi connectivity index (χ0v) is 15.1. The summed E-state index contributed by atoms with van der Waals surface area (Å²) in [5, 5.41) is 4.49. The lowest BCUT2D eigenvalue weighted by atomic mass is 10.1. The molecule has 0 saturated carbocycles. The Morgan fingerprint density at radius 3 is 2.54 bits per heavy atom. The van der Waals surface area contributed by atoms with Crippen LogP contribution in [0.15, 0.2) is 24.3 Å². The summed E-state index contributed by atoms with van der Waals surface area (Å²) in [6.07, 6.45) is -1.11. The van der Waals surface area contributed by atoms with Crippen LogP contribution >= 0.6 is 0 Å². The molecule has 140 valence electrons. The smallest absolute Gasteiger partial charge is 0.321 e. The van der Waals surface area contributed by atoms with Crippen molar-refractivity contribution in [2.75, 3.05) is 18.0 Å². The number of rotatable bonds is 5. The molecule has 0 aromatic heterocycles. The Kier molecular flexibility index (Phi) is 6.32. The fourth-order valence-electron chi connectivity index (χ4n) is 2.58. The molecule has 1 aliphatic heterocycles. The first-order valence-electron chi connectivity index (χ1n) is 8.48. The number of ether oxygens (including phenoxy) is 1. The van der Waals surface area contributed by atoms with Gasteiger partial charge in [0.2, 0.25) is 5.91 Å².